The number of ether oxygens (including phenoxy) is 1. The van der Waals surface area contributed by atoms with Crippen LogP contribution in [0.1, 0.15) is 38.5 Å². The van der Waals surface area contributed by atoms with E-state index in [2.05, 4.69) is 5.16 Å². The SMILES string of the molecule is NC(=NO)C1(C(=O)N2CCOCC2CO)CCCCCC1. The van der Waals surface area contributed by atoms with E-state index in [1.165, 1.54) is 0 Å². The molecule has 1 aliphatic heterocycles. The first-order chi connectivity index (χ1) is 10.2. The molecule has 1 heterocycles. The van der Waals surface area contributed by atoms with E-state index < -0.39 is 5.41 Å². The van der Waals surface area contributed by atoms with E-state index in [-0.39, 0.29) is 24.4 Å². The monoisotopic (exact) mass is 299 g/mol. The van der Waals surface area contributed by atoms with Crippen LogP contribution in [-0.4, -0.2) is 59.4 Å². The Kier molecular flexibility index (Phi) is 5.41. The molecule has 4 N–H and O–H groups in total. The zero-order valence-electron chi connectivity index (χ0n) is 12.3. The predicted octanol–water partition coefficient (Wildman–Crippen LogP) is 0.293. The number of oxime groups is 1. The number of nitrogens with zero attached hydrogens (tertiary/aromatic N) is 2. The molecule has 0 radical (unpaired) electrons. The Morgan fingerprint density at radius 1 is 1.33 bits per heavy atom. The second-order valence-electron chi connectivity index (χ2n) is 5.89. The predicted molar refractivity (Wildman–Crippen MR) is 76.9 cm³/mol. The van der Waals surface area contributed by atoms with Gasteiger partial charge in [-0.05, 0) is 12.8 Å². The third-order valence-electron chi connectivity index (χ3n) is 4.66. The lowest BCUT2D eigenvalue weighted by Gasteiger charge is -2.41. The fraction of sp³-hybridized carbons (Fsp3) is 0.857. The fourth-order valence-corrected chi connectivity index (χ4v) is 3.36. The van der Waals surface area contributed by atoms with Gasteiger partial charge in [0.05, 0.1) is 25.9 Å². The first-order valence-electron chi connectivity index (χ1n) is 7.63. The molecule has 0 aromatic heterocycles. The minimum Gasteiger partial charge on any atom is -0.409 e. The quantitative estimate of drug-likeness (QED) is 0.228. The highest BCUT2D eigenvalue weighted by molar-refractivity contribution is 6.06. The van der Waals surface area contributed by atoms with Crippen LogP contribution in [0, 0.1) is 5.41 Å². The smallest absolute Gasteiger partial charge is 0.237 e. The van der Waals surface area contributed by atoms with Crippen molar-refractivity contribution in [2.75, 3.05) is 26.4 Å². The first-order valence-corrected chi connectivity index (χ1v) is 7.63. The zero-order valence-corrected chi connectivity index (χ0v) is 12.3. The van der Waals surface area contributed by atoms with E-state index in [1.54, 1.807) is 4.90 Å². The highest BCUT2D eigenvalue weighted by Crippen LogP contribution is 2.38. The average molecular weight is 299 g/mol. The van der Waals surface area contributed by atoms with Crippen molar-refractivity contribution in [1.82, 2.24) is 4.90 Å². The van der Waals surface area contributed by atoms with Gasteiger partial charge in [-0.2, -0.15) is 0 Å². The second kappa shape index (κ2) is 7.09. The summed E-state index contributed by atoms with van der Waals surface area (Å²) >= 11 is 0. The van der Waals surface area contributed by atoms with E-state index in [0.717, 1.165) is 25.7 Å². The molecule has 1 aliphatic carbocycles. The molecule has 120 valence electrons. The second-order valence-corrected chi connectivity index (χ2v) is 5.89. The molecule has 1 amide bonds. The van der Waals surface area contributed by atoms with Crippen LogP contribution in [0.3, 0.4) is 0 Å². The van der Waals surface area contributed by atoms with Gasteiger partial charge in [0, 0.05) is 6.54 Å². The Bertz CT molecular complexity index is 392. The van der Waals surface area contributed by atoms with Crippen molar-refractivity contribution < 1.29 is 19.8 Å². The number of carbonyl (C=O) groups excluding carboxylic acids is 1. The number of rotatable bonds is 3. The van der Waals surface area contributed by atoms with Crippen LogP contribution >= 0.6 is 0 Å². The molecular formula is C14H25N3O4. The Balaban J connectivity index is 2.28. The molecule has 1 saturated carbocycles. The van der Waals surface area contributed by atoms with Crippen molar-refractivity contribution >= 4 is 11.7 Å². The van der Waals surface area contributed by atoms with Gasteiger partial charge in [0.15, 0.2) is 5.84 Å². The van der Waals surface area contributed by atoms with Crippen LogP contribution in [-0.2, 0) is 9.53 Å². The molecule has 0 bridgehead atoms. The van der Waals surface area contributed by atoms with E-state index in [9.17, 15) is 9.90 Å². The molecule has 0 aromatic rings. The summed E-state index contributed by atoms with van der Waals surface area (Å²) in [5, 5.41) is 21.7. The van der Waals surface area contributed by atoms with Crippen LogP contribution in [0.25, 0.3) is 0 Å². The molecule has 2 aliphatic rings. The summed E-state index contributed by atoms with van der Waals surface area (Å²) in [6.07, 6.45) is 5.07. The number of amidine groups is 1. The topological polar surface area (TPSA) is 108 Å². The third-order valence-corrected chi connectivity index (χ3v) is 4.66. The number of aliphatic hydroxyl groups is 1. The minimum atomic E-state index is -0.935. The summed E-state index contributed by atoms with van der Waals surface area (Å²) in [6, 6.07) is -0.349. The Morgan fingerprint density at radius 3 is 2.57 bits per heavy atom. The van der Waals surface area contributed by atoms with Crippen LogP contribution in [0.5, 0.6) is 0 Å². The lowest BCUT2D eigenvalue weighted by molar-refractivity contribution is -0.149. The van der Waals surface area contributed by atoms with Crippen molar-refractivity contribution in [3.8, 4) is 0 Å². The molecule has 2 fully saturated rings. The average Bonchev–Trinajstić information content (AvgIpc) is 2.80. The van der Waals surface area contributed by atoms with Gasteiger partial charge in [0.25, 0.3) is 0 Å². The molecule has 1 saturated heterocycles. The summed E-state index contributed by atoms with van der Waals surface area (Å²) in [5.41, 5.74) is 4.97. The van der Waals surface area contributed by atoms with Crippen molar-refractivity contribution in [3.05, 3.63) is 0 Å². The van der Waals surface area contributed by atoms with E-state index in [0.29, 0.717) is 32.6 Å². The highest BCUT2D eigenvalue weighted by atomic mass is 16.5. The lowest BCUT2D eigenvalue weighted by Crippen LogP contribution is -2.58. The first kappa shape index (κ1) is 16.0. The van der Waals surface area contributed by atoms with E-state index in [4.69, 9.17) is 15.7 Å². The minimum absolute atomic E-state index is 0.00224. The summed E-state index contributed by atoms with van der Waals surface area (Å²) in [7, 11) is 0. The standard InChI is InChI=1S/C14H25N3O4/c15-12(16-20)14(5-3-1-2-4-6-14)13(19)17-7-8-21-10-11(17)9-18/h11,18,20H,1-10H2,(H2,15,16). The van der Waals surface area contributed by atoms with Crippen LogP contribution < -0.4 is 5.73 Å². The van der Waals surface area contributed by atoms with Crippen LogP contribution in [0.4, 0.5) is 0 Å². The zero-order chi connectivity index (χ0) is 15.3. The summed E-state index contributed by atoms with van der Waals surface area (Å²) in [4.78, 5) is 14.7. The van der Waals surface area contributed by atoms with Gasteiger partial charge in [-0.1, -0.05) is 30.8 Å². The van der Waals surface area contributed by atoms with Crippen molar-refractivity contribution in [2.45, 2.75) is 44.6 Å². The van der Waals surface area contributed by atoms with Crippen molar-refractivity contribution in [2.24, 2.45) is 16.3 Å². The fourth-order valence-electron chi connectivity index (χ4n) is 3.36. The van der Waals surface area contributed by atoms with Crippen molar-refractivity contribution in [3.63, 3.8) is 0 Å². The van der Waals surface area contributed by atoms with Gasteiger partial charge >= 0.3 is 0 Å². The largest absolute Gasteiger partial charge is 0.409 e. The van der Waals surface area contributed by atoms with Gasteiger partial charge in [0.2, 0.25) is 5.91 Å². The molecular weight excluding hydrogens is 274 g/mol. The number of hydrogen-bond acceptors (Lipinski definition) is 5. The number of carbonyl (C=O) groups is 1. The molecule has 7 heteroatoms. The molecule has 0 aromatic carbocycles. The molecule has 2 rings (SSSR count). The van der Waals surface area contributed by atoms with Gasteiger partial charge in [-0.15, -0.1) is 0 Å². The molecule has 21 heavy (non-hydrogen) atoms. The van der Waals surface area contributed by atoms with Crippen LogP contribution in [0.2, 0.25) is 0 Å². The Labute approximate surface area is 124 Å². The summed E-state index contributed by atoms with van der Waals surface area (Å²) in [5.74, 6) is -0.139. The molecule has 7 nitrogen and oxygen atoms in total. The van der Waals surface area contributed by atoms with E-state index >= 15 is 0 Å². The van der Waals surface area contributed by atoms with Gasteiger partial charge in [-0.25, -0.2) is 0 Å². The van der Waals surface area contributed by atoms with Crippen LogP contribution in [0.15, 0.2) is 5.16 Å². The highest BCUT2D eigenvalue weighted by Gasteiger charge is 2.47. The molecule has 1 atom stereocenters. The number of nitrogens with two attached hydrogens (primary N) is 1. The maximum atomic E-state index is 13.1. The number of morpholine rings is 1. The number of amides is 1. The summed E-state index contributed by atoms with van der Waals surface area (Å²) < 4.78 is 5.32. The number of hydrogen-bond donors (Lipinski definition) is 3. The Hall–Kier alpha value is -1.34. The number of aliphatic hydroxyl groups excluding tert-OH is 1. The van der Waals surface area contributed by atoms with Gasteiger partial charge in [-0.3, -0.25) is 4.79 Å². The summed E-state index contributed by atoms with van der Waals surface area (Å²) in [6.45, 7) is 1.07. The van der Waals surface area contributed by atoms with Gasteiger partial charge < -0.3 is 25.7 Å². The molecule has 1 unspecified atom stereocenters. The maximum Gasteiger partial charge on any atom is 0.237 e. The van der Waals surface area contributed by atoms with Crippen molar-refractivity contribution in [1.29, 1.82) is 0 Å². The third kappa shape index (κ3) is 3.13. The Morgan fingerprint density at radius 2 is 2.00 bits per heavy atom. The van der Waals surface area contributed by atoms with Gasteiger partial charge in [0.1, 0.15) is 5.41 Å². The maximum absolute atomic E-state index is 13.1. The molecule has 0 spiro atoms. The van der Waals surface area contributed by atoms with E-state index in [1.807, 2.05) is 0 Å². The normalized spacial score (nSPS) is 27.2. The lowest BCUT2D eigenvalue weighted by atomic mass is 9.77.